The van der Waals surface area contributed by atoms with E-state index >= 15 is 0 Å². The van der Waals surface area contributed by atoms with Crippen molar-refractivity contribution < 1.29 is 9.53 Å². The molecule has 30 heavy (non-hydrogen) atoms. The van der Waals surface area contributed by atoms with Gasteiger partial charge in [-0.2, -0.15) is 0 Å². The van der Waals surface area contributed by atoms with Crippen molar-refractivity contribution in [3.63, 3.8) is 0 Å². The molecule has 0 radical (unpaired) electrons. The monoisotopic (exact) mass is 427 g/mol. The van der Waals surface area contributed by atoms with E-state index in [2.05, 4.69) is 34.2 Å². The number of nitrogens with zero attached hydrogens (tertiary/aromatic N) is 2. The van der Waals surface area contributed by atoms with Crippen LogP contribution in [-0.4, -0.2) is 50.1 Å². The zero-order chi connectivity index (χ0) is 20.9. The summed E-state index contributed by atoms with van der Waals surface area (Å²) in [5.41, 5.74) is 4.52. The zero-order valence-corrected chi connectivity index (χ0v) is 18.4. The van der Waals surface area contributed by atoms with E-state index in [4.69, 9.17) is 16.3 Å². The van der Waals surface area contributed by atoms with E-state index in [1.54, 1.807) is 0 Å². The van der Waals surface area contributed by atoms with Crippen LogP contribution in [0.3, 0.4) is 0 Å². The van der Waals surface area contributed by atoms with E-state index in [0.29, 0.717) is 13.0 Å². The minimum atomic E-state index is 0.0882. The second-order valence-electron chi connectivity index (χ2n) is 8.14. The summed E-state index contributed by atoms with van der Waals surface area (Å²) < 4.78 is 5.91. The van der Waals surface area contributed by atoms with Crippen molar-refractivity contribution in [1.29, 1.82) is 0 Å². The number of hydrogen-bond acceptors (Lipinski definition) is 4. The Bertz CT molecular complexity index is 894. The molecule has 6 heteroatoms. The van der Waals surface area contributed by atoms with Gasteiger partial charge >= 0.3 is 0 Å². The summed E-state index contributed by atoms with van der Waals surface area (Å²) in [5.74, 6) is 0.923. The molecule has 2 aromatic carbocycles. The molecule has 1 amide bonds. The fourth-order valence-corrected chi connectivity index (χ4v) is 4.39. The van der Waals surface area contributed by atoms with E-state index in [0.717, 1.165) is 68.4 Å². The molecule has 160 valence electrons. The molecule has 0 spiro atoms. The lowest BCUT2D eigenvalue weighted by atomic mass is 10.0. The SMILES string of the molecule is Cc1c(Cl)cccc1N1CCN(CCCCOc2ccc3c(c2)NC(=O)CC3)CC1. The maximum atomic E-state index is 11.6. The molecule has 1 N–H and O–H groups in total. The van der Waals surface area contributed by atoms with Gasteiger partial charge in [-0.15, -0.1) is 0 Å². The third-order valence-electron chi connectivity index (χ3n) is 6.07. The third kappa shape index (κ3) is 5.08. The van der Waals surface area contributed by atoms with E-state index in [1.807, 2.05) is 24.3 Å². The van der Waals surface area contributed by atoms with Crippen LogP contribution >= 0.6 is 11.6 Å². The molecule has 2 aromatic rings. The number of carbonyl (C=O) groups excluding carboxylic acids is 1. The predicted octanol–water partition coefficient (Wildman–Crippen LogP) is 4.51. The smallest absolute Gasteiger partial charge is 0.224 e. The van der Waals surface area contributed by atoms with Crippen molar-refractivity contribution in [3.05, 3.63) is 52.5 Å². The van der Waals surface area contributed by atoms with Crippen molar-refractivity contribution in [1.82, 2.24) is 4.90 Å². The van der Waals surface area contributed by atoms with Crippen LogP contribution in [0.2, 0.25) is 5.02 Å². The first-order chi connectivity index (χ1) is 14.6. The molecule has 5 nitrogen and oxygen atoms in total. The summed E-state index contributed by atoms with van der Waals surface area (Å²) in [6, 6.07) is 12.2. The molecular weight excluding hydrogens is 398 g/mol. The standard InChI is InChI=1S/C24H30ClN3O2/c1-18-21(25)5-4-6-23(18)28-14-12-27(13-15-28)11-2-3-16-30-20-9-7-19-8-10-24(29)26-22(19)17-20/h4-7,9,17H,2-3,8,10-16H2,1H3,(H,26,29). The van der Waals surface area contributed by atoms with Crippen molar-refractivity contribution >= 4 is 28.9 Å². The van der Waals surface area contributed by atoms with E-state index in [1.165, 1.54) is 16.8 Å². The number of anilines is 2. The Hall–Kier alpha value is -2.24. The normalized spacial score (nSPS) is 16.9. The highest BCUT2D eigenvalue weighted by Crippen LogP contribution is 2.28. The highest BCUT2D eigenvalue weighted by atomic mass is 35.5. The predicted molar refractivity (Wildman–Crippen MR) is 123 cm³/mol. The maximum Gasteiger partial charge on any atom is 0.224 e. The first-order valence-electron chi connectivity index (χ1n) is 10.9. The summed E-state index contributed by atoms with van der Waals surface area (Å²) in [6.07, 6.45) is 3.53. The van der Waals surface area contributed by atoms with Crippen molar-refractivity contribution in [2.24, 2.45) is 0 Å². The first kappa shape index (κ1) is 21.0. The van der Waals surface area contributed by atoms with Crippen LogP contribution in [0.1, 0.15) is 30.4 Å². The number of benzene rings is 2. The van der Waals surface area contributed by atoms with Gasteiger partial charge in [-0.05, 0) is 62.1 Å². The minimum Gasteiger partial charge on any atom is -0.494 e. The molecule has 0 aromatic heterocycles. The first-order valence-corrected chi connectivity index (χ1v) is 11.3. The average molecular weight is 428 g/mol. The van der Waals surface area contributed by atoms with E-state index < -0.39 is 0 Å². The van der Waals surface area contributed by atoms with Gasteiger partial charge in [0.1, 0.15) is 5.75 Å². The number of unbranched alkanes of at least 4 members (excludes halogenated alkanes) is 1. The number of ether oxygens (including phenoxy) is 1. The summed E-state index contributed by atoms with van der Waals surface area (Å²) in [4.78, 5) is 16.5. The Morgan fingerprint density at radius 1 is 1.07 bits per heavy atom. The average Bonchev–Trinajstić information content (AvgIpc) is 2.76. The zero-order valence-electron chi connectivity index (χ0n) is 17.6. The maximum absolute atomic E-state index is 11.6. The van der Waals surface area contributed by atoms with Gasteiger partial charge in [0.2, 0.25) is 5.91 Å². The molecule has 1 fully saturated rings. The van der Waals surface area contributed by atoms with Gasteiger partial charge in [0.15, 0.2) is 0 Å². The van der Waals surface area contributed by atoms with Crippen LogP contribution in [0.4, 0.5) is 11.4 Å². The molecule has 0 saturated carbocycles. The van der Waals surface area contributed by atoms with Gasteiger partial charge in [0.05, 0.1) is 6.61 Å². The molecule has 4 rings (SSSR count). The summed E-state index contributed by atoms with van der Waals surface area (Å²) >= 11 is 6.28. The van der Waals surface area contributed by atoms with Crippen molar-refractivity contribution in [2.45, 2.75) is 32.6 Å². The number of nitrogens with one attached hydrogen (secondary N) is 1. The summed E-state index contributed by atoms with van der Waals surface area (Å²) in [7, 11) is 0. The van der Waals surface area contributed by atoms with Crippen molar-refractivity contribution in [3.8, 4) is 5.75 Å². The molecule has 0 aliphatic carbocycles. The number of rotatable bonds is 7. The number of piperazine rings is 1. The minimum absolute atomic E-state index is 0.0882. The van der Waals surface area contributed by atoms with Gasteiger partial charge in [-0.25, -0.2) is 0 Å². The van der Waals surface area contributed by atoms with Crippen molar-refractivity contribution in [2.75, 3.05) is 49.5 Å². The number of aryl methyl sites for hydroxylation is 1. The molecule has 1 saturated heterocycles. The Morgan fingerprint density at radius 3 is 2.73 bits per heavy atom. The van der Waals surface area contributed by atoms with Crippen LogP contribution in [0.15, 0.2) is 36.4 Å². The van der Waals surface area contributed by atoms with Crippen LogP contribution in [0.5, 0.6) is 5.75 Å². The van der Waals surface area contributed by atoms with Gasteiger partial charge in [-0.1, -0.05) is 23.7 Å². The number of carbonyl (C=O) groups is 1. The number of amides is 1. The van der Waals surface area contributed by atoms with Crippen LogP contribution in [0.25, 0.3) is 0 Å². The number of fused-ring (bicyclic) bond motifs is 1. The molecule has 2 aliphatic heterocycles. The van der Waals surface area contributed by atoms with Gasteiger partial charge < -0.3 is 15.0 Å². The topological polar surface area (TPSA) is 44.8 Å². The molecule has 2 heterocycles. The Labute approximate surface area is 184 Å². The highest BCUT2D eigenvalue weighted by molar-refractivity contribution is 6.31. The summed E-state index contributed by atoms with van der Waals surface area (Å²) in [5, 5.41) is 3.77. The quantitative estimate of drug-likeness (QED) is 0.660. The second-order valence-corrected chi connectivity index (χ2v) is 8.54. The Kier molecular flexibility index (Phi) is 6.80. The van der Waals surface area contributed by atoms with Crippen LogP contribution < -0.4 is 15.0 Å². The fourth-order valence-electron chi connectivity index (χ4n) is 4.22. The molecular formula is C24H30ClN3O2. The lowest BCUT2D eigenvalue weighted by molar-refractivity contribution is -0.116. The fraction of sp³-hybridized carbons (Fsp3) is 0.458. The van der Waals surface area contributed by atoms with Crippen LogP contribution in [0, 0.1) is 6.92 Å². The molecule has 2 aliphatic rings. The van der Waals surface area contributed by atoms with Gasteiger partial charge in [-0.3, -0.25) is 9.69 Å². The third-order valence-corrected chi connectivity index (χ3v) is 6.48. The van der Waals surface area contributed by atoms with E-state index in [9.17, 15) is 4.79 Å². The van der Waals surface area contributed by atoms with Gasteiger partial charge in [0.25, 0.3) is 0 Å². The number of hydrogen-bond donors (Lipinski definition) is 1. The second kappa shape index (κ2) is 9.71. The number of halogens is 1. The Morgan fingerprint density at radius 2 is 1.90 bits per heavy atom. The summed E-state index contributed by atoms with van der Waals surface area (Å²) in [6.45, 7) is 8.15. The highest BCUT2D eigenvalue weighted by Gasteiger charge is 2.19. The molecule has 0 atom stereocenters. The largest absolute Gasteiger partial charge is 0.494 e. The lowest BCUT2D eigenvalue weighted by Gasteiger charge is -2.37. The van der Waals surface area contributed by atoms with E-state index in [-0.39, 0.29) is 5.91 Å². The van der Waals surface area contributed by atoms with Gasteiger partial charge in [0, 0.05) is 55.1 Å². The molecule has 0 unspecified atom stereocenters. The Balaban J connectivity index is 1.15. The lowest BCUT2D eigenvalue weighted by Crippen LogP contribution is -2.46. The molecule has 0 bridgehead atoms. The van der Waals surface area contributed by atoms with Crippen LogP contribution in [-0.2, 0) is 11.2 Å².